The summed E-state index contributed by atoms with van der Waals surface area (Å²) in [5, 5.41) is 0.719. The maximum atomic E-state index is 12.2. The van der Waals surface area contributed by atoms with Crippen molar-refractivity contribution in [2.45, 2.75) is 45.9 Å². The molecule has 2 rings (SSSR count). The van der Waals surface area contributed by atoms with E-state index in [0.29, 0.717) is 13.1 Å². The van der Waals surface area contributed by atoms with E-state index in [9.17, 15) is 4.79 Å². The maximum absolute atomic E-state index is 12.2. The summed E-state index contributed by atoms with van der Waals surface area (Å²) in [6, 6.07) is 6.28. The number of amides is 1. The quantitative estimate of drug-likeness (QED) is 0.726. The number of carbonyl (C=O) groups is 1. The summed E-state index contributed by atoms with van der Waals surface area (Å²) in [6.45, 7) is 10.9. The lowest BCUT2D eigenvalue weighted by atomic mass is 10.1. The molecule has 1 heterocycles. The Balaban J connectivity index is 1.93. The van der Waals surface area contributed by atoms with Gasteiger partial charge in [-0.05, 0) is 61.3 Å². The van der Waals surface area contributed by atoms with E-state index in [4.69, 9.17) is 16.3 Å². The molecule has 6 heteroatoms. The highest BCUT2D eigenvalue weighted by Gasteiger charge is 2.29. The fourth-order valence-corrected chi connectivity index (χ4v) is 3.14. The monoisotopic (exact) mass is 402 g/mol. The predicted molar refractivity (Wildman–Crippen MR) is 96.8 cm³/mol. The molecule has 1 aromatic rings. The minimum Gasteiger partial charge on any atom is -0.444 e. The predicted octanol–water partition coefficient (Wildman–Crippen LogP) is 4.54. The molecule has 1 amide bonds. The summed E-state index contributed by atoms with van der Waals surface area (Å²) in [4.78, 5) is 16.3. The first kappa shape index (κ1) is 18.6. The van der Waals surface area contributed by atoms with Crippen LogP contribution in [0.1, 0.15) is 33.3 Å². The molecule has 0 unspecified atom stereocenters. The van der Waals surface area contributed by atoms with Crippen LogP contribution in [0.2, 0.25) is 5.02 Å². The number of ether oxygens (including phenoxy) is 1. The molecule has 1 aromatic carbocycles. The summed E-state index contributed by atoms with van der Waals surface area (Å²) >= 11 is 9.50. The minimum absolute atomic E-state index is 0.224. The van der Waals surface area contributed by atoms with Crippen molar-refractivity contribution in [3.05, 3.63) is 33.3 Å². The Morgan fingerprint density at radius 2 is 2.09 bits per heavy atom. The second-order valence-electron chi connectivity index (χ2n) is 6.99. The zero-order chi connectivity index (χ0) is 17.2. The average molecular weight is 404 g/mol. The fourth-order valence-electron chi connectivity index (χ4n) is 2.59. The first-order valence-electron chi connectivity index (χ1n) is 7.81. The Hall–Kier alpha value is -0.780. The number of carbonyl (C=O) groups excluding carboxylic acids is 1. The van der Waals surface area contributed by atoms with Gasteiger partial charge in [-0.3, -0.25) is 4.90 Å². The average Bonchev–Trinajstić information content (AvgIpc) is 2.43. The van der Waals surface area contributed by atoms with E-state index in [-0.39, 0.29) is 12.1 Å². The van der Waals surface area contributed by atoms with Crippen molar-refractivity contribution in [2.24, 2.45) is 0 Å². The summed E-state index contributed by atoms with van der Waals surface area (Å²) in [5.74, 6) is 0. The largest absolute Gasteiger partial charge is 0.444 e. The molecular weight excluding hydrogens is 380 g/mol. The van der Waals surface area contributed by atoms with E-state index in [2.05, 4.69) is 33.8 Å². The summed E-state index contributed by atoms with van der Waals surface area (Å²) < 4.78 is 6.37. The SMILES string of the molecule is C[C@H]1CN(C(=O)OC(C)(C)C)CCN1Cc1ccc(Cl)c(Br)c1. The Labute approximate surface area is 151 Å². The number of benzene rings is 1. The first-order valence-corrected chi connectivity index (χ1v) is 8.99. The molecule has 1 saturated heterocycles. The zero-order valence-corrected chi connectivity index (χ0v) is 16.4. The fraction of sp³-hybridized carbons (Fsp3) is 0.588. The second-order valence-corrected chi connectivity index (χ2v) is 8.26. The number of hydrogen-bond acceptors (Lipinski definition) is 3. The molecule has 0 aromatic heterocycles. The van der Waals surface area contributed by atoms with Crippen molar-refractivity contribution >= 4 is 33.6 Å². The highest BCUT2D eigenvalue weighted by Crippen LogP contribution is 2.25. The van der Waals surface area contributed by atoms with Crippen molar-refractivity contribution in [3.63, 3.8) is 0 Å². The highest BCUT2D eigenvalue weighted by atomic mass is 79.9. The normalized spacial score (nSPS) is 19.7. The Morgan fingerprint density at radius 1 is 1.39 bits per heavy atom. The van der Waals surface area contributed by atoms with Crippen LogP contribution in [0.25, 0.3) is 0 Å². The smallest absolute Gasteiger partial charge is 0.410 e. The molecule has 0 radical (unpaired) electrons. The molecule has 1 aliphatic heterocycles. The van der Waals surface area contributed by atoms with E-state index in [1.54, 1.807) is 4.90 Å². The third-order valence-corrected chi connectivity index (χ3v) is 5.00. The van der Waals surface area contributed by atoms with Gasteiger partial charge in [0.2, 0.25) is 0 Å². The summed E-state index contributed by atoms with van der Waals surface area (Å²) in [5.41, 5.74) is 0.756. The molecule has 1 atom stereocenters. The third-order valence-electron chi connectivity index (χ3n) is 3.79. The van der Waals surface area contributed by atoms with Crippen LogP contribution >= 0.6 is 27.5 Å². The minimum atomic E-state index is -0.451. The number of halogens is 2. The molecule has 1 aliphatic rings. The number of piperazine rings is 1. The van der Waals surface area contributed by atoms with E-state index in [0.717, 1.165) is 22.6 Å². The van der Waals surface area contributed by atoms with Gasteiger partial charge in [0.1, 0.15) is 5.60 Å². The molecule has 0 spiro atoms. The maximum Gasteiger partial charge on any atom is 0.410 e. The van der Waals surface area contributed by atoms with Gasteiger partial charge in [0.25, 0.3) is 0 Å². The topological polar surface area (TPSA) is 32.8 Å². The Bertz CT molecular complexity index is 574. The van der Waals surface area contributed by atoms with Crippen molar-refractivity contribution in [3.8, 4) is 0 Å². The molecule has 23 heavy (non-hydrogen) atoms. The van der Waals surface area contributed by atoms with Crippen LogP contribution < -0.4 is 0 Å². The van der Waals surface area contributed by atoms with E-state index < -0.39 is 5.60 Å². The number of hydrogen-bond donors (Lipinski definition) is 0. The molecule has 4 nitrogen and oxygen atoms in total. The lowest BCUT2D eigenvalue weighted by Gasteiger charge is -2.40. The molecule has 0 bridgehead atoms. The zero-order valence-electron chi connectivity index (χ0n) is 14.1. The summed E-state index contributed by atoms with van der Waals surface area (Å²) in [7, 11) is 0. The standard InChI is InChI=1S/C17H24BrClN2O2/c1-12-10-21(16(22)23-17(2,3)4)8-7-20(12)11-13-5-6-15(19)14(18)9-13/h5-6,9,12H,7-8,10-11H2,1-4H3/t12-/m0/s1. The Morgan fingerprint density at radius 3 is 2.65 bits per heavy atom. The Kier molecular flexibility index (Phi) is 5.98. The van der Waals surface area contributed by atoms with Gasteiger partial charge >= 0.3 is 6.09 Å². The highest BCUT2D eigenvalue weighted by molar-refractivity contribution is 9.10. The lowest BCUT2D eigenvalue weighted by molar-refractivity contribution is 0.00461. The second kappa shape index (κ2) is 7.41. The van der Waals surface area contributed by atoms with E-state index in [1.165, 1.54) is 5.56 Å². The van der Waals surface area contributed by atoms with Crippen LogP contribution in [0.3, 0.4) is 0 Å². The van der Waals surface area contributed by atoms with Crippen LogP contribution in [-0.4, -0.2) is 47.2 Å². The molecular formula is C17H24BrClN2O2. The molecule has 0 aliphatic carbocycles. The van der Waals surface area contributed by atoms with Crippen molar-refractivity contribution in [2.75, 3.05) is 19.6 Å². The van der Waals surface area contributed by atoms with Crippen LogP contribution in [0, 0.1) is 0 Å². The van der Waals surface area contributed by atoms with E-state index in [1.807, 2.05) is 32.9 Å². The molecule has 0 N–H and O–H groups in total. The number of rotatable bonds is 2. The van der Waals surface area contributed by atoms with Crippen LogP contribution in [0.15, 0.2) is 22.7 Å². The van der Waals surface area contributed by atoms with Crippen molar-refractivity contribution in [1.29, 1.82) is 0 Å². The van der Waals surface area contributed by atoms with E-state index >= 15 is 0 Å². The summed E-state index contributed by atoms with van der Waals surface area (Å²) in [6.07, 6.45) is -0.224. The van der Waals surface area contributed by atoms with Crippen molar-refractivity contribution < 1.29 is 9.53 Å². The van der Waals surface area contributed by atoms with Gasteiger partial charge in [0.05, 0.1) is 5.02 Å². The lowest BCUT2D eigenvalue weighted by Crippen LogP contribution is -2.54. The van der Waals surface area contributed by atoms with Gasteiger partial charge < -0.3 is 9.64 Å². The van der Waals surface area contributed by atoms with Crippen LogP contribution in [0.4, 0.5) is 4.79 Å². The van der Waals surface area contributed by atoms with Gasteiger partial charge in [-0.25, -0.2) is 4.79 Å². The number of nitrogens with zero attached hydrogens (tertiary/aromatic N) is 2. The van der Waals surface area contributed by atoms with Crippen LogP contribution in [-0.2, 0) is 11.3 Å². The van der Waals surface area contributed by atoms with Crippen LogP contribution in [0.5, 0.6) is 0 Å². The van der Waals surface area contributed by atoms with Gasteiger partial charge in [-0.1, -0.05) is 17.7 Å². The first-order chi connectivity index (χ1) is 10.7. The van der Waals surface area contributed by atoms with Gasteiger partial charge in [-0.15, -0.1) is 0 Å². The molecule has 0 saturated carbocycles. The van der Waals surface area contributed by atoms with Crippen molar-refractivity contribution in [1.82, 2.24) is 9.80 Å². The molecule has 1 fully saturated rings. The third kappa shape index (κ3) is 5.37. The van der Waals surface area contributed by atoms with Gasteiger partial charge in [-0.2, -0.15) is 0 Å². The van der Waals surface area contributed by atoms with Gasteiger partial charge in [0, 0.05) is 36.7 Å². The molecule has 128 valence electrons. The van der Waals surface area contributed by atoms with Gasteiger partial charge in [0.15, 0.2) is 0 Å².